The van der Waals surface area contributed by atoms with Crippen molar-refractivity contribution >= 4 is 0 Å². The molecule has 0 unspecified atom stereocenters. The highest BCUT2D eigenvalue weighted by atomic mass is 16.5. The van der Waals surface area contributed by atoms with Crippen LogP contribution in [0.3, 0.4) is 0 Å². The third-order valence-electron chi connectivity index (χ3n) is 2.07. The highest BCUT2D eigenvalue weighted by Crippen LogP contribution is 2.28. The van der Waals surface area contributed by atoms with Gasteiger partial charge in [0.2, 0.25) is 0 Å². The molecule has 0 saturated heterocycles. The van der Waals surface area contributed by atoms with Crippen LogP contribution in [-0.2, 0) is 6.42 Å². The van der Waals surface area contributed by atoms with E-state index in [2.05, 4.69) is 13.5 Å². The Morgan fingerprint density at radius 1 is 1.33 bits per heavy atom. The standard InChI is InChI=1S/C13H18O2/c1-4-6-11-7-8-12(14-3)13(10-11)15-9-5-2/h4,7-8,10H,1,5-6,9H2,2-3H3. The van der Waals surface area contributed by atoms with Crippen molar-refractivity contribution in [2.45, 2.75) is 19.8 Å². The van der Waals surface area contributed by atoms with E-state index in [1.54, 1.807) is 7.11 Å². The molecule has 0 atom stereocenters. The highest BCUT2D eigenvalue weighted by molar-refractivity contribution is 5.43. The van der Waals surface area contributed by atoms with E-state index in [-0.39, 0.29) is 0 Å². The Kier molecular flexibility index (Phi) is 4.75. The van der Waals surface area contributed by atoms with Crippen molar-refractivity contribution < 1.29 is 9.47 Å². The fourth-order valence-corrected chi connectivity index (χ4v) is 1.34. The minimum absolute atomic E-state index is 0.716. The summed E-state index contributed by atoms with van der Waals surface area (Å²) in [6, 6.07) is 5.97. The molecule has 0 aliphatic carbocycles. The van der Waals surface area contributed by atoms with Crippen LogP contribution in [0.5, 0.6) is 11.5 Å². The maximum Gasteiger partial charge on any atom is 0.161 e. The maximum absolute atomic E-state index is 5.60. The molecule has 2 heteroatoms. The number of hydrogen-bond donors (Lipinski definition) is 0. The van der Waals surface area contributed by atoms with Gasteiger partial charge in [-0.05, 0) is 30.5 Å². The Morgan fingerprint density at radius 2 is 2.13 bits per heavy atom. The Morgan fingerprint density at radius 3 is 2.73 bits per heavy atom. The van der Waals surface area contributed by atoms with Crippen LogP contribution < -0.4 is 9.47 Å². The van der Waals surface area contributed by atoms with Crippen LogP contribution in [0.1, 0.15) is 18.9 Å². The van der Waals surface area contributed by atoms with Gasteiger partial charge in [-0.2, -0.15) is 0 Å². The molecular weight excluding hydrogens is 188 g/mol. The van der Waals surface area contributed by atoms with Crippen LogP contribution in [0.15, 0.2) is 30.9 Å². The second-order valence-electron chi connectivity index (χ2n) is 3.33. The molecular formula is C13H18O2. The molecule has 0 aliphatic heterocycles. The van der Waals surface area contributed by atoms with E-state index in [1.165, 1.54) is 5.56 Å². The summed E-state index contributed by atoms with van der Waals surface area (Å²) in [7, 11) is 1.65. The zero-order valence-corrected chi connectivity index (χ0v) is 9.45. The van der Waals surface area contributed by atoms with E-state index in [1.807, 2.05) is 24.3 Å². The van der Waals surface area contributed by atoms with Crippen LogP contribution in [-0.4, -0.2) is 13.7 Å². The molecule has 0 bridgehead atoms. The normalized spacial score (nSPS) is 9.73. The monoisotopic (exact) mass is 206 g/mol. The molecule has 1 rings (SSSR count). The minimum Gasteiger partial charge on any atom is -0.493 e. The molecule has 2 nitrogen and oxygen atoms in total. The fourth-order valence-electron chi connectivity index (χ4n) is 1.34. The summed E-state index contributed by atoms with van der Waals surface area (Å²) >= 11 is 0. The summed E-state index contributed by atoms with van der Waals surface area (Å²) in [5.41, 5.74) is 1.19. The Labute approximate surface area is 91.5 Å². The molecule has 0 fully saturated rings. The molecule has 0 aliphatic rings. The van der Waals surface area contributed by atoms with E-state index in [0.717, 1.165) is 24.3 Å². The predicted molar refractivity (Wildman–Crippen MR) is 62.7 cm³/mol. The van der Waals surface area contributed by atoms with Crippen LogP contribution >= 0.6 is 0 Å². The number of ether oxygens (including phenoxy) is 2. The van der Waals surface area contributed by atoms with Crippen molar-refractivity contribution in [3.05, 3.63) is 36.4 Å². The van der Waals surface area contributed by atoms with Gasteiger partial charge in [0, 0.05) is 0 Å². The van der Waals surface area contributed by atoms with Gasteiger partial charge in [0.05, 0.1) is 13.7 Å². The molecule has 0 saturated carbocycles. The van der Waals surface area contributed by atoms with Crippen molar-refractivity contribution in [3.8, 4) is 11.5 Å². The number of methoxy groups -OCH3 is 1. The van der Waals surface area contributed by atoms with Crippen molar-refractivity contribution in [2.75, 3.05) is 13.7 Å². The minimum atomic E-state index is 0.716. The lowest BCUT2D eigenvalue weighted by Crippen LogP contribution is -1.98. The van der Waals surface area contributed by atoms with Gasteiger partial charge in [0.1, 0.15) is 0 Å². The highest BCUT2D eigenvalue weighted by Gasteiger charge is 2.04. The molecule has 0 amide bonds. The van der Waals surface area contributed by atoms with Crippen LogP contribution in [0.4, 0.5) is 0 Å². The summed E-state index contributed by atoms with van der Waals surface area (Å²) in [6.45, 7) is 6.52. The number of rotatable bonds is 6. The molecule has 0 aromatic heterocycles. The van der Waals surface area contributed by atoms with E-state index in [0.29, 0.717) is 6.61 Å². The molecule has 82 valence electrons. The summed E-state index contributed by atoms with van der Waals surface area (Å²) < 4.78 is 10.8. The van der Waals surface area contributed by atoms with Crippen LogP contribution in [0, 0.1) is 0 Å². The Balaban J connectivity index is 2.85. The molecule has 0 radical (unpaired) electrons. The lowest BCUT2D eigenvalue weighted by atomic mass is 10.1. The lowest BCUT2D eigenvalue weighted by Gasteiger charge is -2.11. The third-order valence-corrected chi connectivity index (χ3v) is 2.07. The zero-order chi connectivity index (χ0) is 11.1. The summed E-state index contributed by atoms with van der Waals surface area (Å²) in [5.74, 6) is 1.61. The zero-order valence-electron chi connectivity index (χ0n) is 9.45. The average molecular weight is 206 g/mol. The van der Waals surface area contributed by atoms with Gasteiger partial charge in [-0.15, -0.1) is 6.58 Å². The van der Waals surface area contributed by atoms with E-state index < -0.39 is 0 Å². The first-order chi connectivity index (χ1) is 7.31. The molecule has 0 spiro atoms. The van der Waals surface area contributed by atoms with Gasteiger partial charge in [0.15, 0.2) is 11.5 Å². The van der Waals surface area contributed by atoms with E-state index in [4.69, 9.17) is 9.47 Å². The van der Waals surface area contributed by atoms with Crippen LogP contribution in [0.2, 0.25) is 0 Å². The van der Waals surface area contributed by atoms with Gasteiger partial charge in [-0.25, -0.2) is 0 Å². The second-order valence-corrected chi connectivity index (χ2v) is 3.33. The third kappa shape index (κ3) is 3.31. The predicted octanol–water partition coefficient (Wildman–Crippen LogP) is 3.21. The van der Waals surface area contributed by atoms with E-state index in [9.17, 15) is 0 Å². The number of allylic oxidation sites excluding steroid dienone is 1. The van der Waals surface area contributed by atoms with Crippen molar-refractivity contribution in [1.82, 2.24) is 0 Å². The lowest BCUT2D eigenvalue weighted by molar-refractivity contribution is 0.294. The van der Waals surface area contributed by atoms with Crippen LogP contribution in [0.25, 0.3) is 0 Å². The summed E-state index contributed by atoms with van der Waals surface area (Å²) in [5, 5.41) is 0. The largest absolute Gasteiger partial charge is 0.493 e. The quantitative estimate of drug-likeness (QED) is 0.665. The first-order valence-corrected chi connectivity index (χ1v) is 5.22. The van der Waals surface area contributed by atoms with Crippen molar-refractivity contribution in [2.24, 2.45) is 0 Å². The first-order valence-electron chi connectivity index (χ1n) is 5.22. The van der Waals surface area contributed by atoms with Crippen molar-refractivity contribution in [1.29, 1.82) is 0 Å². The number of benzene rings is 1. The van der Waals surface area contributed by atoms with Gasteiger partial charge in [0.25, 0.3) is 0 Å². The Hall–Kier alpha value is -1.44. The topological polar surface area (TPSA) is 18.5 Å². The SMILES string of the molecule is C=CCc1ccc(OC)c(OCCC)c1. The molecule has 1 aromatic carbocycles. The molecule has 0 N–H and O–H groups in total. The smallest absolute Gasteiger partial charge is 0.161 e. The number of hydrogen-bond acceptors (Lipinski definition) is 2. The second kappa shape index (κ2) is 6.12. The average Bonchev–Trinajstić information content (AvgIpc) is 2.27. The van der Waals surface area contributed by atoms with Crippen molar-refractivity contribution in [3.63, 3.8) is 0 Å². The fraction of sp³-hybridized carbons (Fsp3) is 0.385. The molecule has 1 aromatic rings. The van der Waals surface area contributed by atoms with Gasteiger partial charge >= 0.3 is 0 Å². The Bertz CT molecular complexity index is 318. The maximum atomic E-state index is 5.60. The van der Waals surface area contributed by atoms with E-state index >= 15 is 0 Å². The van der Waals surface area contributed by atoms with Gasteiger partial charge in [-0.1, -0.05) is 19.1 Å². The molecule has 15 heavy (non-hydrogen) atoms. The van der Waals surface area contributed by atoms with Gasteiger partial charge in [-0.3, -0.25) is 0 Å². The first kappa shape index (κ1) is 11.6. The summed E-state index contributed by atoms with van der Waals surface area (Å²) in [6.07, 6.45) is 3.73. The molecule has 0 heterocycles. The summed E-state index contributed by atoms with van der Waals surface area (Å²) in [4.78, 5) is 0. The van der Waals surface area contributed by atoms with Gasteiger partial charge < -0.3 is 9.47 Å².